The zero-order valence-corrected chi connectivity index (χ0v) is 32.1. The highest BCUT2D eigenvalue weighted by Gasteiger charge is 2.49. The minimum absolute atomic E-state index is 0.267. The lowest BCUT2D eigenvalue weighted by molar-refractivity contribution is 0.461. The highest BCUT2D eigenvalue weighted by molar-refractivity contribution is 6.17. The average molecular weight is 742 g/mol. The molecule has 0 aliphatic heterocycles. The van der Waals surface area contributed by atoms with Crippen LogP contribution in [0.3, 0.4) is 0 Å². The van der Waals surface area contributed by atoms with Crippen molar-refractivity contribution in [2.24, 2.45) is 0 Å². The van der Waals surface area contributed by atoms with E-state index in [9.17, 15) is 5.11 Å². The molecule has 1 atom stereocenters. The molecule has 1 aliphatic carbocycles. The SMILES string of the molecule is Cc1ccc(-c2ccccc2)cc1C1(c2cc(-c3ccccc3)ccc2O)c2ccccc2-c2c1ccc1c3cc(-c4ccccc4)ccc3n(-c3ccccc3)c21. The Morgan fingerprint density at radius 3 is 1.59 bits per heavy atom. The minimum atomic E-state index is -0.864. The van der Waals surface area contributed by atoms with Gasteiger partial charge in [0.2, 0.25) is 0 Å². The standard InChI is InChI=1S/C56H39NO/c1-37-26-27-42(39-18-8-3-9-19-39)35-50(37)56(51-36-43(29-33-53(51)58)40-20-10-4-11-21-40)48-25-15-14-24-46(48)54-49(56)31-30-45-47-34-41(38-16-6-2-7-17-38)28-32-52(47)57(55(45)54)44-22-12-5-13-23-44/h2-36,58H,1H3. The summed E-state index contributed by atoms with van der Waals surface area (Å²) in [6.45, 7) is 2.22. The molecule has 0 spiro atoms. The third kappa shape index (κ3) is 5.05. The highest BCUT2D eigenvalue weighted by atomic mass is 16.3. The van der Waals surface area contributed by atoms with Crippen LogP contribution in [0.1, 0.15) is 27.8 Å². The normalized spacial score (nSPS) is 14.4. The summed E-state index contributed by atoms with van der Waals surface area (Å²) in [5, 5.41) is 14.8. The summed E-state index contributed by atoms with van der Waals surface area (Å²) < 4.78 is 2.46. The first-order chi connectivity index (χ1) is 28.6. The number of hydrogen-bond acceptors (Lipinski definition) is 1. The number of fused-ring (bicyclic) bond motifs is 7. The van der Waals surface area contributed by atoms with Gasteiger partial charge in [-0.3, -0.25) is 0 Å². The Bertz CT molecular complexity index is 3070. The van der Waals surface area contributed by atoms with E-state index in [0.29, 0.717) is 0 Å². The van der Waals surface area contributed by atoms with E-state index >= 15 is 0 Å². The van der Waals surface area contributed by atoms with Crippen LogP contribution in [0.2, 0.25) is 0 Å². The van der Waals surface area contributed by atoms with E-state index in [-0.39, 0.29) is 5.75 Å². The van der Waals surface area contributed by atoms with Crippen molar-refractivity contribution in [2.45, 2.75) is 12.3 Å². The molecular weight excluding hydrogens is 703 g/mol. The molecule has 0 bridgehead atoms. The van der Waals surface area contributed by atoms with Crippen LogP contribution in [0.5, 0.6) is 5.75 Å². The molecule has 1 aromatic heterocycles. The molecule has 2 heteroatoms. The molecule has 0 saturated carbocycles. The zero-order valence-electron chi connectivity index (χ0n) is 32.1. The fraction of sp³-hybridized carbons (Fsp3) is 0.0357. The number of aryl methyl sites for hydroxylation is 1. The first kappa shape index (κ1) is 33.9. The molecule has 10 aromatic rings. The number of benzene rings is 9. The summed E-state index contributed by atoms with van der Waals surface area (Å²) in [7, 11) is 0. The van der Waals surface area contributed by atoms with Gasteiger partial charge in [-0.1, -0.05) is 170 Å². The lowest BCUT2D eigenvalue weighted by atomic mass is 9.65. The van der Waals surface area contributed by atoms with Crippen molar-refractivity contribution in [3.8, 4) is 55.9 Å². The van der Waals surface area contributed by atoms with Gasteiger partial charge in [-0.05, 0) is 111 Å². The molecule has 2 nitrogen and oxygen atoms in total. The van der Waals surface area contributed by atoms with Crippen molar-refractivity contribution in [1.82, 2.24) is 4.57 Å². The van der Waals surface area contributed by atoms with E-state index in [4.69, 9.17) is 0 Å². The first-order valence-electron chi connectivity index (χ1n) is 20.0. The van der Waals surface area contributed by atoms with Gasteiger partial charge in [0.25, 0.3) is 0 Å². The van der Waals surface area contributed by atoms with Crippen molar-refractivity contribution in [1.29, 1.82) is 0 Å². The van der Waals surface area contributed by atoms with Gasteiger partial charge in [-0.15, -0.1) is 0 Å². The van der Waals surface area contributed by atoms with Gasteiger partial charge >= 0.3 is 0 Å². The third-order valence-corrected chi connectivity index (χ3v) is 12.3. The third-order valence-electron chi connectivity index (χ3n) is 12.3. The molecule has 0 amide bonds. The van der Waals surface area contributed by atoms with Gasteiger partial charge in [-0.25, -0.2) is 0 Å². The van der Waals surface area contributed by atoms with Crippen LogP contribution < -0.4 is 0 Å². The second kappa shape index (κ2) is 13.4. The smallest absolute Gasteiger partial charge is 0.120 e. The fourth-order valence-electron chi connectivity index (χ4n) is 9.73. The highest BCUT2D eigenvalue weighted by Crippen LogP contribution is 2.61. The summed E-state index contributed by atoms with van der Waals surface area (Å²) >= 11 is 0. The predicted octanol–water partition coefficient (Wildman–Crippen LogP) is 14.2. The predicted molar refractivity (Wildman–Crippen MR) is 241 cm³/mol. The van der Waals surface area contributed by atoms with Gasteiger partial charge in [0.05, 0.1) is 16.4 Å². The van der Waals surface area contributed by atoms with Gasteiger partial charge in [0.15, 0.2) is 0 Å². The Balaban J connectivity index is 1.31. The second-order valence-corrected chi connectivity index (χ2v) is 15.4. The molecule has 1 N–H and O–H groups in total. The number of phenolic OH excluding ortho intramolecular Hbond substituents is 1. The number of hydrogen-bond donors (Lipinski definition) is 1. The molecule has 0 fully saturated rings. The number of aromatic nitrogens is 1. The van der Waals surface area contributed by atoms with Crippen LogP contribution >= 0.6 is 0 Å². The largest absolute Gasteiger partial charge is 0.508 e. The topological polar surface area (TPSA) is 25.2 Å². The molecule has 1 heterocycles. The molecule has 0 radical (unpaired) electrons. The average Bonchev–Trinajstić information content (AvgIpc) is 3.78. The van der Waals surface area contributed by atoms with Crippen LogP contribution in [0.4, 0.5) is 0 Å². The van der Waals surface area contributed by atoms with Gasteiger partial charge in [0, 0.05) is 27.6 Å². The fourth-order valence-corrected chi connectivity index (χ4v) is 9.73. The van der Waals surface area contributed by atoms with Crippen molar-refractivity contribution in [2.75, 3.05) is 0 Å². The maximum absolute atomic E-state index is 12.4. The van der Waals surface area contributed by atoms with Crippen LogP contribution in [0, 0.1) is 6.92 Å². The Kier molecular flexibility index (Phi) is 7.80. The minimum Gasteiger partial charge on any atom is -0.508 e. The second-order valence-electron chi connectivity index (χ2n) is 15.4. The van der Waals surface area contributed by atoms with Gasteiger partial charge in [0.1, 0.15) is 5.75 Å². The Morgan fingerprint density at radius 2 is 0.931 bits per heavy atom. The number of nitrogens with zero attached hydrogens (tertiary/aromatic N) is 1. The van der Waals surface area contributed by atoms with E-state index in [2.05, 4.69) is 206 Å². The molecule has 0 saturated heterocycles. The quantitative estimate of drug-likeness (QED) is 0.180. The zero-order chi connectivity index (χ0) is 38.8. The summed E-state index contributed by atoms with van der Waals surface area (Å²) in [6, 6.07) is 76.0. The monoisotopic (exact) mass is 741 g/mol. The molecule has 9 aromatic carbocycles. The van der Waals surface area contributed by atoms with Crippen LogP contribution in [0.15, 0.2) is 212 Å². The Hall–Kier alpha value is -7.42. The summed E-state index contributed by atoms with van der Waals surface area (Å²) in [4.78, 5) is 0. The van der Waals surface area contributed by atoms with E-state index in [0.717, 1.165) is 66.8 Å². The Labute approximate surface area is 338 Å². The molecule has 274 valence electrons. The van der Waals surface area contributed by atoms with Crippen molar-refractivity contribution in [3.05, 3.63) is 240 Å². The van der Waals surface area contributed by atoms with Crippen molar-refractivity contribution >= 4 is 21.8 Å². The molecule has 11 rings (SSSR count). The van der Waals surface area contributed by atoms with E-state index in [1.165, 1.54) is 33.0 Å². The number of phenols is 1. The summed E-state index contributed by atoms with van der Waals surface area (Å²) in [5.41, 5.74) is 17.2. The van der Waals surface area contributed by atoms with E-state index in [1.807, 2.05) is 18.2 Å². The molecule has 58 heavy (non-hydrogen) atoms. The lowest BCUT2D eigenvalue weighted by Crippen LogP contribution is -2.30. The van der Waals surface area contributed by atoms with Crippen LogP contribution in [-0.4, -0.2) is 9.67 Å². The van der Waals surface area contributed by atoms with Crippen molar-refractivity contribution < 1.29 is 5.11 Å². The van der Waals surface area contributed by atoms with Gasteiger partial charge < -0.3 is 9.67 Å². The lowest BCUT2D eigenvalue weighted by Gasteiger charge is -2.36. The van der Waals surface area contributed by atoms with Gasteiger partial charge in [-0.2, -0.15) is 0 Å². The number of aromatic hydroxyl groups is 1. The van der Waals surface area contributed by atoms with E-state index < -0.39 is 5.41 Å². The molecule has 1 unspecified atom stereocenters. The van der Waals surface area contributed by atoms with Crippen molar-refractivity contribution in [3.63, 3.8) is 0 Å². The maximum atomic E-state index is 12.4. The van der Waals surface area contributed by atoms with Crippen LogP contribution in [-0.2, 0) is 5.41 Å². The summed E-state index contributed by atoms with van der Waals surface area (Å²) in [6.07, 6.45) is 0. The van der Waals surface area contributed by atoms with Crippen LogP contribution in [0.25, 0.3) is 72.0 Å². The maximum Gasteiger partial charge on any atom is 0.120 e. The molecular formula is C56H39NO. The number of rotatable bonds is 6. The number of para-hydroxylation sites is 1. The first-order valence-corrected chi connectivity index (χ1v) is 20.0. The van der Waals surface area contributed by atoms with E-state index in [1.54, 1.807) is 0 Å². The molecule has 1 aliphatic rings. The Morgan fingerprint density at radius 1 is 0.397 bits per heavy atom. The summed E-state index contributed by atoms with van der Waals surface area (Å²) in [5.74, 6) is 0.267.